The van der Waals surface area contributed by atoms with Crippen molar-refractivity contribution in [3.05, 3.63) is 42.5 Å². The molecule has 27 heavy (non-hydrogen) atoms. The van der Waals surface area contributed by atoms with E-state index in [1.54, 1.807) is 6.92 Å². The van der Waals surface area contributed by atoms with Gasteiger partial charge in [0, 0.05) is 25.1 Å². The molecule has 8 heteroatoms. The van der Waals surface area contributed by atoms with Gasteiger partial charge in [-0.25, -0.2) is 5.43 Å². The summed E-state index contributed by atoms with van der Waals surface area (Å²) in [6.07, 6.45) is -0.0155. The van der Waals surface area contributed by atoms with Gasteiger partial charge in [-0.3, -0.25) is 14.4 Å². The molecule has 0 radical (unpaired) electrons. The molecule has 0 aliphatic heterocycles. The summed E-state index contributed by atoms with van der Waals surface area (Å²) >= 11 is 0. The highest BCUT2D eigenvalue weighted by molar-refractivity contribution is 6.35. The molecule has 2 aromatic rings. The van der Waals surface area contributed by atoms with Gasteiger partial charge in [0.25, 0.3) is 0 Å². The molecule has 0 aromatic heterocycles. The topological polar surface area (TPSA) is 109 Å². The summed E-state index contributed by atoms with van der Waals surface area (Å²) in [4.78, 5) is 35.2. The van der Waals surface area contributed by atoms with Crippen LogP contribution < -0.4 is 16.1 Å². The lowest BCUT2D eigenvalue weighted by Gasteiger charge is -2.07. The average molecular weight is 370 g/mol. The van der Waals surface area contributed by atoms with Gasteiger partial charge in [-0.2, -0.15) is 5.10 Å². The van der Waals surface area contributed by atoms with Crippen LogP contribution in [-0.2, 0) is 19.1 Å². The zero-order chi connectivity index (χ0) is 19.6. The number of hydrogen-bond acceptors (Lipinski definition) is 5. The molecule has 0 spiro atoms. The molecular weight excluding hydrogens is 348 g/mol. The number of ether oxygens (including phenoxy) is 1. The van der Waals surface area contributed by atoms with E-state index in [2.05, 4.69) is 21.2 Å². The first-order chi connectivity index (χ1) is 13.0. The zero-order valence-electron chi connectivity index (χ0n) is 15.2. The van der Waals surface area contributed by atoms with E-state index in [1.807, 2.05) is 42.5 Å². The molecule has 0 aliphatic rings. The van der Waals surface area contributed by atoms with Gasteiger partial charge < -0.3 is 15.4 Å². The van der Waals surface area contributed by atoms with E-state index in [1.165, 1.54) is 7.11 Å². The minimum absolute atomic E-state index is 0.0155. The number of hydrogen-bond donors (Lipinski definition) is 3. The Labute approximate surface area is 157 Å². The first-order valence-electron chi connectivity index (χ1n) is 8.38. The van der Waals surface area contributed by atoms with Crippen molar-refractivity contribution in [3.63, 3.8) is 0 Å². The zero-order valence-corrected chi connectivity index (χ0v) is 15.2. The third-order valence-corrected chi connectivity index (χ3v) is 3.60. The second kappa shape index (κ2) is 10.0. The Balaban J connectivity index is 1.83. The van der Waals surface area contributed by atoms with Gasteiger partial charge in [0.1, 0.15) is 0 Å². The molecule has 0 heterocycles. The van der Waals surface area contributed by atoms with Crippen molar-refractivity contribution in [2.24, 2.45) is 5.10 Å². The van der Waals surface area contributed by atoms with Crippen molar-refractivity contribution >= 4 is 39.9 Å². The van der Waals surface area contributed by atoms with Crippen LogP contribution in [0.25, 0.3) is 10.8 Å². The predicted molar refractivity (Wildman–Crippen MR) is 103 cm³/mol. The molecule has 0 saturated heterocycles. The number of amides is 3. The number of carbonyl (C=O) groups is 3. The van der Waals surface area contributed by atoms with Gasteiger partial charge in [0.05, 0.1) is 13.0 Å². The lowest BCUT2D eigenvalue weighted by molar-refractivity contribution is -0.139. The van der Waals surface area contributed by atoms with E-state index in [0.29, 0.717) is 18.0 Å². The SMILES string of the molecule is COCCNC(=O)C(=O)N/N=C(\C)CC(=O)Nc1ccc2ccccc2c1. The maximum atomic E-state index is 12.1. The molecule has 2 rings (SSSR count). The van der Waals surface area contributed by atoms with Crippen molar-refractivity contribution in [3.8, 4) is 0 Å². The molecular formula is C19H22N4O4. The van der Waals surface area contributed by atoms with E-state index in [0.717, 1.165) is 10.8 Å². The van der Waals surface area contributed by atoms with Crippen LogP contribution in [0.4, 0.5) is 5.69 Å². The Bertz CT molecular complexity index is 864. The molecule has 0 aliphatic carbocycles. The maximum absolute atomic E-state index is 12.1. The minimum atomic E-state index is -0.902. The van der Waals surface area contributed by atoms with Crippen LogP contribution in [-0.4, -0.2) is 43.7 Å². The first-order valence-corrected chi connectivity index (χ1v) is 8.38. The number of hydrazone groups is 1. The Morgan fingerprint density at radius 2 is 1.78 bits per heavy atom. The Hall–Kier alpha value is -3.26. The van der Waals surface area contributed by atoms with E-state index in [9.17, 15) is 14.4 Å². The quantitative estimate of drug-likeness (QED) is 0.296. The number of methoxy groups -OCH3 is 1. The molecule has 142 valence electrons. The molecule has 3 amide bonds. The number of rotatable bonds is 7. The highest BCUT2D eigenvalue weighted by Gasteiger charge is 2.12. The molecule has 0 bridgehead atoms. The molecule has 2 aromatic carbocycles. The maximum Gasteiger partial charge on any atom is 0.329 e. The minimum Gasteiger partial charge on any atom is -0.383 e. The van der Waals surface area contributed by atoms with Crippen LogP contribution in [0.2, 0.25) is 0 Å². The van der Waals surface area contributed by atoms with Crippen LogP contribution in [0.1, 0.15) is 13.3 Å². The summed E-state index contributed by atoms with van der Waals surface area (Å²) in [5.41, 5.74) is 3.16. The van der Waals surface area contributed by atoms with Crippen LogP contribution in [0.15, 0.2) is 47.6 Å². The standard InChI is InChI=1S/C19H22N4O4/c1-13(22-23-19(26)18(25)20-9-10-27-2)11-17(24)21-16-8-7-14-5-3-4-6-15(14)12-16/h3-8,12H,9-11H2,1-2H3,(H,20,25)(H,21,24)(H,23,26)/b22-13+. The Morgan fingerprint density at radius 3 is 2.52 bits per heavy atom. The molecule has 0 atom stereocenters. The lowest BCUT2D eigenvalue weighted by Crippen LogP contribution is -2.39. The number of benzene rings is 2. The average Bonchev–Trinajstić information content (AvgIpc) is 2.66. The Kier molecular flexibility index (Phi) is 7.45. The largest absolute Gasteiger partial charge is 0.383 e. The highest BCUT2D eigenvalue weighted by Crippen LogP contribution is 2.18. The molecule has 0 unspecified atom stereocenters. The molecule has 0 saturated carbocycles. The monoisotopic (exact) mass is 370 g/mol. The lowest BCUT2D eigenvalue weighted by atomic mass is 10.1. The van der Waals surface area contributed by atoms with E-state index >= 15 is 0 Å². The summed E-state index contributed by atoms with van der Waals surface area (Å²) in [5.74, 6) is -1.99. The normalized spacial score (nSPS) is 11.1. The number of nitrogens with zero attached hydrogens (tertiary/aromatic N) is 1. The second-order valence-electron chi connectivity index (χ2n) is 5.82. The van der Waals surface area contributed by atoms with Crippen molar-refractivity contribution in [1.29, 1.82) is 0 Å². The summed E-state index contributed by atoms with van der Waals surface area (Å²) in [6.45, 7) is 2.11. The van der Waals surface area contributed by atoms with Gasteiger partial charge in [-0.1, -0.05) is 30.3 Å². The van der Waals surface area contributed by atoms with Crippen molar-refractivity contribution in [1.82, 2.24) is 10.7 Å². The summed E-state index contributed by atoms with van der Waals surface area (Å²) in [7, 11) is 1.49. The van der Waals surface area contributed by atoms with Crippen LogP contribution in [0.5, 0.6) is 0 Å². The van der Waals surface area contributed by atoms with Crippen molar-refractivity contribution < 1.29 is 19.1 Å². The van der Waals surface area contributed by atoms with Crippen LogP contribution >= 0.6 is 0 Å². The number of fused-ring (bicyclic) bond motifs is 1. The fourth-order valence-corrected chi connectivity index (χ4v) is 2.29. The highest BCUT2D eigenvalue weighted by atomic mass is 16.5. The summed E-state index contributed by atoms with van der Waals surface area (Å²) in [6, 6.07) is 13.5. The van der Waals surface area contributed by atoms with Crippen LogP contribution in [0, 0.1) is 0 Å². The first kappa shape index (κ1) is 20.1. The second-order valence-corrected chi connectivity index (χ2v) is 5.82. The van der Waals surface area contributed by atoms with E-state index < -0.39 is 11.8 Å². The van der Waals surface area contributed by atoms with E-state index in [-0.39, 0.29) is 18.9 Å². The fourth-order valence-electron chi connectivity index (χ4n) is 2.29. The van der Waals surface area contributed by atoms with Gasteiger partial charge >= 0.3 is 11.8 Å². The van der Waals surface area contributed by atoms with Crippen molar-refractivity contribution in [2.75, 3.05) is 25.6 Å². The number of nitrogens with one attached hydrogen (secondary N) is 3. The summed E-state index contributed by atoms with van der Waals surface area (Å²) < 4.78 is 4.77. The fraction of sp³-hybridized carbons (Fsp3) is 0.263. The Morgan fingerprint density at radius 1 is 1.04 bits per heavy atom. The molecule has 3 N–H and O–H groups in total. The van der Waals surface area contributed by atoms with Gasteiger partial charge in [0.15, 0.2) is 0 Å². The van der Waals surface area contributed by atoms with E-state index in [4.69, 9.17) is 4.74 Å². The third-order valence-electron chi connectivity index (χ3n) is 3.60. The van der Waals surface area contributed by atoms with Gasteiger partial charge in [-0.05, 0) is 29.8 Å². The third kappa shape index (κ3) is 6.52. The number of anilines is 1. The van der Waals surface area contributed by atoms with Crippen LogP contribution in [0.3, 0.4) is 0 Å². The van der Waals surface area contributed by atoms with Gasteiger partial charge in [0.2, 0.25) is 5.91 Å². The molecule has 0 fully saturated rings. The number of carbonyl (C=O) groups excluding carboxylic acids is 3. The van der Waals surface area contributed by atoms with Gasteiger partial charge in [-0.15, -0.1) is 0 Å². The molecule has 8 nitrogen and oxygen atoms in total. The summed E-state index contributed by atoms with van der Waals surface area (Å²) in [5, 5.41) is 11.0. The smallest absolute Gasteiger partial charge is 0.329 e. The van der Waals surface area contributed by atoms with Crippen molar-refractivity contribution in [2.45, 2.75) is 13.3 Å². The predicted octanol–water partition coefficient (Wildman–Crippen LogP) is 1.42.